The normalized spacial score (nSPS) is 16.8. The maximum Gasteiger partial charge on any atom is 0.00952 e. The molecule has 3 fully saturated rings. The summed E-state index contributed by atoms with van der Waals surface area (Å²) in [6, 6.07) is 0.916. The highest BCUT2D eigenvalue weighted by Crippen LogP contribution is 2.22. The van der Waals surface area contributed by atoms with Crippen molar-refractivity contribution in [3.63, 3.8) is 0 Å². The third-order valence-corrected chi connectivity index (χ3v) is 12.5. The van der Waals surface area contributed by atoms with Gasteiger partial charge in [-0.2, -0.15) is 0 Å². The van der Waals surface area contributed by atoms with Crippen molar-refractivity contribution in [2.75, 3.05) is 52.4 Å². The van der Waals surface area contributed by atoms with Crippen LogP contribution < -0.4 is 0 Å². The molecular weight excluding hydrogens is 631 g/mol. The average molecular weight is 732 g/mol. The Morgan fingerprint density at radius 3 is 0.846 bits per heavy atom. The molecule has 0 bridgehead atoms. The van der Waals surface area contributed by atoms with Crippen LogP contribution in [-0.4, -0.2) is 73.1 Å². The predicted molar refractivity (Wildman–Crippen MR) is 237 cm³/mol. The molecule has 0 atom stereocenters. The second kappa shape index (κ2) is 40.5. The minimum Gasteiger partial charge on any atom is -0.303 e. The maximum atomic E-state index is 2.83. The third-order valence-electron chi connectivity index (χ3n) is 12.5. The molecule has 0 radical (unpaired) electrons. The molecule has 3 aliphatic rings. The third kappa shape index (κ3) is 32.2. The second-order valence-electron chi connectivity index (χ2n) is 17.6. The molecule has 0 amide bonds. The van der Waals surface area contributed by atoms with E-state index in [0.717, 1.165) is 6.04 Å². The average Bonchev–Trinajstić information content (AvgIpc) is 3.99. The van der Waals surface area contributed by atoms with E-state index in [2.05, 4.69) is 42.4 Å². The van der Waals surface area contributed by atoms with E-state index >= 15 is 0 Å². The van der Waals surface area contributed by atoms with Gasteiger partial charge in [-0.15, -0.1) is 0 Å². The summed E-state index contributed by atoms with van der Waals surface area (Å²) in [6.07, 6.45) is 52.1. The van der Waals surface area contributed by atoms with Gasteiger partial charge in [0.2, 0.25) is 0 Å². The molecule has 0 unspecified atom stereocenters. The van der Waals surface area contributed by atoms with Crippen LogP contribution in [0.25, 0.3) is 0 Å². The number of nitrogens with zero attached hydrogens (tertiary/aromatic N) is 3. The molecule has 3 nitrogen and oxygen atoms in total. The fourth-order valence-corrected chi connectivity index (χ4v) is 8.89. The zero-order valence-electron chi connectivity index (χ0n) is 37.0. The summed E-state index contributed by atoms with van der Waals surface area (Å²) in [6.45, 7) is 20.2. The van der Waals surface area contributed by atoms with E-state index in [1.807, 2.05) is 0 Å². The fraction of sp³-hybridized carbons (Fsp3) is 1.00. The van der Waals surface area contributed by atoms with Crippen molar-refractivity contribution in [1.29, 1.82) is 0 Å². The van der Waals surface area contributed by atoms with E-state index in [4.69, 9.17) is 0 Å². The SMILES string of the molecule is CCCCCCCCCC(CCCCCCCCC)N1CCCC1.CCCCCCCCCN1CCCC1.CCCCCCCCCN1CCCC1. The summed E-state index contributed by atoms with van der Waals surface area (Å²) in [5.74, 6) is 0. The summed E-state index contributed by atoms with van der Waals surface area (Å²) >= 11 is 0. The number of hydrogen-bond donors (Lipinski definition) is 0. The van der Waals surface area contributed by atoms with Crippen LogP contribution in [0.3, 0.4) is 0 Å². The van der Waals surface area contributed by atoms with Crippen LogP contribution in [0.4, 0.5) is 0 Å². The Morgan fingerprint density at radius 1 is 0.288 bits per heavy atom. The summed E-state index contributed by atoms with van der Waals surface area (Å²) in [4.78, 5) is 8.09. The highest BCUT2D eigenvalue weighted by molar-refractivity contribution is 4.76. The van der Waals surface area contributed by atoms with Crippen LogP contribution in [-0.2, 0) is 0 Å². The molecule has 3 rings (SSSR count). The Labute approximate surface area is 331 Å². The molecule has 0 N–H and O–H groups in total. The van der Waals surface area contributed by atoms with Gasteiger partial charge in [0.05, 0.1) is 0 Å². The molecule has 0 aromatic heterocycles. The number of likely N-dealkylation sites (tertiary alicyclic amines) is 3. The van der Waals surface area contributed by atoms with Crippen LogP contribution in [0, 0.1) is 0 Å². The Kier molecular flexibility index (Phi) is 38.9. The first-order valence-electron chi connectivity index (χ1n) is 24.9. The van der Waals surface area contributed by atoms with Crippen LogP contribution in [0.2, 0.25) is 0 Å². The van der Waals surface area contributed by atoms with E-state index in [9.17, 15) is 0 Å². The second-order valence-corrected chi connectivity index (χ2v) is 17.6. The molecule has 0 aliphatic carbocycles. The van der Waals surface area contributed by atoms with Gasteiger partial charge in [-0.25, -0.2) is 0 Å². The van der Waals surface area contributed by atoms with Gasteiger partial charge in [0, 0.05) is 6.04 Å². The molecular formula is C49H101N3. The lowest BCUT2D eigenvalue weighted by atomic mass is 9.99. The van der Waals surface area contributed by atoms with Crippen molar-refractivity contribution < 1.29 is 0 Å². The molecule has 52 heavy (non-hydrogen) atoms. The van der Waals surface area contributed by atoms with E-state index in [0.29, 0.717) is 0 Å². The Hall–Kier alpha value is -0.120. The van der Waals surface area contributed by atoms with E-state index < -0.39 is 0 Å². The molecule has 0 saturated carbocycles. The summed E-state index contributed by atoms with van der Waals surface area (Å²) in [5.41, 5.74) is 0. The maximum absolute atomic E-state index is 2.83. The van der Waals surface area contributed by atoms with Crippen molar-refractivity contribution in [3.05, 3.63) is 0 Å². The quantitative estimate of drug-likeness (QED) is 0.0622. The fourth-order valence-electron chi connectivity index (χ4n) is 8.89. The minimum absolute atomic E-state index is 0.916. The first-order valence-corrected chi connectivity index (χ1v) is 24.9. The van der Waals surface area contributed by atoms with Crippen molar-refractivity contribution in [2.24, 2.45) is 0 Å². The van der Waals surface area contributed by atoms with Crippen LogP contribution in [0.1, 0.15) is 259 Å². The highest BCUT2D eigenvalue weighted by Gasteiger charge is 2.21. The van der Waals surface area contributed by atoms with Gasteiger partial charge in [-0.05, 0) is 117 Å². The van der Waals surface area contributed by atoms with Gasteiger partial charge in [0.15, 0.2) is 0 Å². The summed E-state index contributed by atoms with van der Waals surface area (Å²) < 4.78 is 0. The van der Waals surface area contributed by atoms with Crippen LogP contribution in [0.15, 0.2) is 0 Å². The molecule has 0 aromatic carbocycles. The van der Waals surface area contributed by atoms with Gasteiger partial charge in [0.1, 0.15) is 0 Å². The predicted octanol–water partition coefficient (Wildman–Crippen LogP) is 15.4. The molecule has 3 heteroatoms. The van der Waals surface area contributed by atoms with E-state index in [1.165, 1.54) is 284 Å². The zero-order chi connectivity index (χ0) is 37.4. The lowest BCUT2D eigenvalue weighted by Crippen LogP contribution is -2.32. The van der Waals surface area contributed by atoms with E-state index in [-0.39, 0.29) is 0 Å². The first-order chi connectivity index (χ1) is 25.7. The van der Waals surface area contributed by atoms with Gasteiger partial charge in [-0.3, -0.25) is 0 Å². The summed E-state index contributed by atoms with van der Waals surface area (Å²) in [7, 11) is 0. The zero-order valence-corrected chi connectivity index (χ0v) is 37.0. The van der Waals surface area contributed by atoms with Gasteiger partial charge in [-0.1, -0.05) is 195 Å². The standard InChI is InChI=1S/C23H47N.2C13H27N/c1-3-5-7-9-11-13-15-19-23(24-21-17-18-22-24)20-16-14-12-10-8-6-4-2;2*1-2-3-4-5-6-7-8-11-14-12-9-10-13-14/h23H,3-22H2,1-2H3;2*2-13H2,1H3. The molecule has 3 saturated heterocycles. The largest absolute Gasteiger partial charge is 0.303 e. The van der Waals surface area contributed by atoms with Gasteiger partial charge >= 0.3 is 0 Å². The van der Waals surface area contributed by atoms with Crippen molar-refractivity contribution in [1.82, 2.24) is 14.7 Å². The van der Waals surface area contributed by atoms with E-state index in [1.54, 1.807) is 0 Å². The monoisotopic (exact) mass is 732 g/mol. The molecule has 0 spiro atoms. The van der Waals surface area contributed by atoms with Gasteiger partial charge < -0.3 is 14.7 Å². The lowest BCUT2D eigenvalue weighted by Gasteiger charge is -2.27. The Bertz CT molecular complexity index is 601. The van der Waals surface area contributed by atoms with Crippen molar-refractivity contribution in [3.8, 4) is 0 Å². The van der Waals surface area contributed by atoms with Gasteiger partial charge in [0.25, 0.3) is 0 Å². The van der Waals surface area contributed by atoms with Crippen LogP contribution in [0.5, 0.6) is 0 Å². The smallest absolute Gasteiger partial charge is 0.00952 e. The molecule has 3 heterocycles. The number of rotatable bonds is 33. The molecule has 3 aliphatic heterocycles. The topological polar surface area (TPSA) is 9.72 Å². The first kappa shape index (κ1) is 49.9. The Morgan fingerprint density at radius 2 is 0.538 bits per heavy atom. The molecule has 0 aromatic rings. The van der Waals surface area contributed by atoms with Crippen molar-refractivity contribution in [2.45, 2.75) is 265 Å². The Balaban J connectivity index is 0.000000414. The molecule has 312 valence electrons. The highest BCUT2D eigenvalue weighted by atomic mass is 15.2. The van der Waals surface area contributed by atoms with Crippen LogP contribution >= 0.6 is 0 Å². The lowest BCUT2D eigenvalue weighted by molar-refractivity contribution is 0.209. The minimum atomic E-state index is 0.916. The number of unbranched alkanes of at least 4 members (excludes halogenated alkanes) is 24. The number of hydrogen-bond acceptors (Lipinski definition) is 3. The van der Waals surface area contributed by atoms with Crippen molar-refractivity contribution >= 4 is 0 Å². The summed E-state index contributed by atoms with van der Waals surface area (Å²) in [5, 5.41) is 0.